The molecule has 1 fully saturated rings. The molecule has 0 saturated carbocycles. The molecule has 10 heteroatoms. The number of hydrogen-bond acceptors (Lipinski definition) is 5. The maximum atomic E-state index is 13.5. The average molecular weight is 481 g/mol. The number of rotatable bonds is 8. The van der Waals surface area contributed by atoms with Gasteiger partial charge in [-0.15, -0.1) is 0 Å². The Labute approximate surface area is 191 Å². The Morgan fingerprint density at radius 2 is 1.64 bits per heavy atom. The third kappa shape index (κ3) is 7.06. The largest absolute Gasteiger partial charge is 0.456 e. The molecule has 2 aromatic rings. The van der Waals surface area contributed by atoms with Crippen LogP contribution in [0.15, 0.2) is 47.4 Å². The Morgan fingerprint density at radius 1 is 0.970 bits per heavy atom. The summed E-state index contributed by atoms with van der Waals surface area (Å²) < 4.78 is 58.4. The molecule has 178 valence electrons. The molecule has 1 amide bonds. The first kappa shape index (κ1) is 24.8. The van der Waals surface area contributed by atoms with Gasteiger partial charge in [0.15, 0.2) is 6.61 Å². The Hall–Kier alpha value is -2.85. The van der Waals surface area contributed by atoms with Gasteiger partial charge in [0.1, 0.15) is 11.6 Å². The molecular formula is C23H26F2N2O5S. The van der Waals surface area contributed by atoms with Crippen LogP contribution in [0.4, 0.5) is 14.5 Å². The smallest absolute Gasteiger partial charge is 0.306 e. The van der Waals surface area contributed by atoms with E-state index in [9.17, 15) is 26.8 Å². The molecule has 0 aliphatic carbocycles. The van der Waals surface area contributed by atoms with Crippen molar-refractivity contribution in [2.75, 3.05) is 25.0 Å². The van der Waals surface area contributed by atoms with Crippen LogP contribution in [-0.4, -0.2) is 44.3 Å². The van der Waals surface area contributed by atoms with Crippen LogP contribution in [-0.2, 0) is 30.8 Å². The summed E-state index contributed by atoms with van der Waals surface area (Å²) in [7, 11) is -3.53. The lowest BCUT2D eigenvalue weighted by atomic mass is 10.1. The third-order valence-corrected chi connectivity index (χ3v) is 7.23. The second-order valence-electron chi connectivity index (χ2n) is 7.80. The van der Waals surface area contributed by atoms with Crippen LogP contribution in [0.1, 0.15) is 37.7 Å². The zero-order chi connectivity index (χ0) is 23.8. The number of benzene rings is 2. The summed E-state index contributed by atoms with van der Waals surface area (Å²) in [5, 5.41) is 2.20. The van der Waals surface area contributed by atoms with Crippen LogP contribution < -0.4 is 5.32 Å². The molecule has 1 saturated heterocycles. The summed E-state index contributed by atoms with van der Waals surface area (Å²) in [6.07, 6.45) is 4.07. The van der Waals surface area contributed by atoms with E-state index >= 15 is 0 Å². The number of sulfonamides is 1. The van der Waals surface area contributed by atoms with Gasteiger partial charge in [0.2, 0.25) is 10.0 Å². The average Bonchev–Trinajstić information content (AvgIpc) is 3.09. The fourth-order valence-corrected chi connectivity index (χ4v) is 5.02. The number of anilines is 1. The number of carbonyl (C=O) groups excluding carboxylic acids is 2. The van der Waals surface area contributed by atoms with Crippen LogP contribution in [0.2, 0.25) is 0 Å². The lowest BCUT2D eigenvalue weighted by Gasteiger charge is -2.20. The van der Waals surface area contributed by atoms with Gasteiger partial charge in [-0.2, -0.15) is 4.31 Å². The molecule has 2 aromatic carbocycles. The third-order valence-electron chi connectivity index (χ3n) is 5.31. The van der Waals surface area contributed by atoms with Crippen molar-refractivity contribution in [2.24, 2.45) is 0 Å². The Balaban J connectivity index is 1.45. The number of carbonyl (C=O) groups is 2. The van der Waals surface area contributed by atoms with Gasteiger partial charge in [0.25, 0.3) is 5.91 Å². The molecule has 0 aromatic heterocycles. The second kappa shape index (κ2) is 11.3. The Kier molecular flexibility index (Phi) is 8.51. The molecule has 7 nitrogen and oxygen atoms in total. The van der Waals surface area contributed by atoms with Crippen LogP contribution in [0.25, 0.3) is 0 Å². The van der Waals surface area contributed by atoms with Gasteiger partial charge < -0.3 is 10.1 Å². The summed E-state index contributed by atoms with van der Waals surface area (Å²) in [6, 6.07) is 9.07. The minimum atomic E-state index is -3.53. The van der Waals surface area contributed by atoms with Crippen molar-refractivity contribution in [1.82, 2.24) is 4.31 Å². The summed E-state index contributed by atoms with van der Waals surface area (Å²) >= 11 is 0. The van der Waals surface area contributed by atoms with Gasteiger partial charge in [0.05, 0.1) is 10.6 Å². The summed E-state index contributed by atoms with van der Waals surface area (Å²) in [6.45, 7) is 0.442. The number of nitrogens with zero attached hydrogens (tertiary/aromatic N) is 1. The molecule has 1 N–H and O–H groups in total. The molecule has 1 heterocycles. The highest BCUT2D eigenvalue weighted by Crippen LogP contribution is 2.21. The molecule has 3 rings (SSSR count). The first-order valence-corrected chi connectivity index (χ1v) is 12.2. The second-order valence-corrected chi connectivity index (χ2v) is 9.73. The lowest BCUT2D eigenvalue weighted by molar-refractivity contribution is -0.147. The van der Waals surface area contributed by atoms with Crippen LogP contribution in [0, 0.1) is 11.6 Å². The van der Waals surface area contributed by atoms with Crippen molar-refractivity contribution in [3.8, 4) is 0 Å². The first-order valence-electron chi connectivity index (χ1n) is 10.8. The number of aryl methyl sites for hydroxylation is 1. The van der Waals surface area contributed by atoms with Gasteiger partial charge in [-0.3, -0.25) is 9.59 Å². The molecule has 0 spiro atoms. The standard InChI is InChI=1S/C23H26F2N2O5S/c24-18-8-11-21(20(25)15-18)26-22(28)16-32-23(29)12-7-17-5-9-19(10-6-17)33(30,31)27-13-3-1-2-4-14-27/h5-6,8-11,15H,1-4,7,12-14,16H2,(H,26,28). The number of hydrogen-bond donors (Lipinski definition) is 1. The van der Waals surface area contributed by atoms with E-state index in [1.165, 1.54) is 16.4 Å². The van der Waals surface area contributed by atoms with Crippen molar-refractivity contribution in [2.45, 2.75) is 43.4 Å². The molecule has 33 heavy (non-hydrogen) atoms. The molecule has 1 aliphatic heterocycles. The predicted octanol–water partition coefficient (Wildman–Crippen LogP) is 3.64. The van der Waals surface area contributed by atoms with E-state index in [4.69, 9.17) is 4.74 Å². The molecular weight excluding hydrogens is 454 g/mol. The maximum absolute atomic E-state index is 13.5. The van der Waals surface area contributed by atoms with E-state index in [1.54, 1.807) is 12.1 Å². The molecule has 0 bridgehead atoms. The van der Waals surface area contributed by atoms with Crippen LogP contribution in [0.5, 0.6) is 0 Å². The highest BCUT2D eigenvalue weighted by molar-refractivity contribution is 7.89. The predicted molar refractivity (Wildman–Crippen MR) is 118 cm³/mol. The van der Waals surface area contributed by atoms with Crippen molar-refractivity contribution in [3.05, 3.63) is 59.7 Å². The highest BCUT2D eigenvalue weighted by atomic mass is 32.2. The fraction of sp³-hybridized carbons (Fsp3) is 0.391. The van der Waals surface area contributed by atoms with Crippen molar-refractivity contribution >= 4 is 27.6 Å². The van der Waals surface area contributed by atoms with Gasteiger partial charge in [-0.05, 0) is 49.1 Å². The monoisotopic (exact) mass is 480 g/mol. The zero-order valence-electron chi connectivity index (χ0n) is 18.1. The highest BCUT2D eigenvalue weighted by Gasteiger charge is 2.25. The number of halogens is 2. The molecule has 0 radical (unpaired) electrons. The minimum Gasteiger partial charge on any atom is -0.456 e. The first-order chi connectivity index (χ1) is 15.8. The van der Waals surface area contributed by atoms with Crippen molar-refractivity contribution in [1.29, 1.82) is 0 Å². The van der Waals surface area contributed by atoms with E-state index < -0.39 is 40.1 Å². The van der Waals surface area contributed by atoms with Crippen molar-refractivity contribution < 1.29 is 31.5 Å². The van der Waals surface area contributed by atoms with E-state index in [2.05, 4.69) is 5.32 Å². The van der Waals surface area contributed by atoms with E-state index in [1.807, 2.05) is 0 Å². The van der Waals surface area contributed by atoms with Gasteiger partial charge in [0, 0.05) is 25.6 Å². The number of nitrogens with one attached hydrogen (secondary N) is 1. The van der Waals surface area contributed by atoms with Gasteiger partial charge in [-0.1, -0.05) is 25.0 Å². The zero-order valence-corrected chi connectivity index (χ0v) is 18.9. The number of esters is 1. The fourth-order valence-electron chi connectivity index (χ4n) is 3.50. The minimum absolute atomic E-state index is 0.0174. The van der Waals surface area contributed by atoms with Crippen LogP contribution >= 0.6 is 0 Å². The summed E-state index contributed by atoms with van der Waals surface area (Å²) in [4.78, 5) is 23.9. The van der Waals surface area contributed by atoms with Crippen LogP contribution in [0.3, 0.4) is 0 Å². The number of amides is 1. The Morgan fingerprint density at radius 3 is 2.27 bits per heavy atom. The maximum Gasteiger partial charge on any atom is 0.306 e. The van der Waals surface area contributed by atoms with E-state index in [0.29, 0.717) is 25.6 Å². The van der Waals surface area contributed by atoms with E-state index in [0.717, 1.165) is 43.4 Å². The van der Waals surface area contributed by atoms with Gasteiger partial charge in [-0.25, -0.2) is 17.2 Å². The SMILES string of the molecule is O=C(COC(=O)CCc1ccc(S(=O)(=O)N2CCCCCC2)cc1)Nc1ccc(F)cc1F. The molecule has 0 unspecified atom stereocenters. The van der Waals surface area contributed by atoms with Gasteiger partial charge >= 0.3 is 5.97 Å². The normalized spacial score (nSPS) is 15.0. The summed E-state index contributed by atoms with van der Waals surface area (Å²) in [5.74, 6) is -3.09. The topological polar surface area (TPSA) is 92.8 Å². The van der Waals surface area contributed by atoms with E-state index in [-0.39, 0.29) is 17.0 Å². The molecule has 1 aliphatic rings. The number of ether oxygens (including phenoxy) is 1. The lowest BCUT2D eigenvalue weighted by Crippen LogP contribution is -2.31. The Bertz CT molecular complexity index is 1080. The quantitative estimate of drug-likeness (QED) is 0.583. The summed E-state index contributed by atoms with van der Waals surface area (Å²) in [5.41, 5.74) is 0.535. The van der Waals surface area contributed by atoms with Crippen molar-refractivity contribution in [3.63, 3.8) is 0 Å². The molecule has 0 atom stereocenters.